The van der Waals surface area contributed by atoms with E-state index in [2.05, 4.69) is 31.6 Å². The van der Waals surface area contributed by atoms with Crippen molar-refractivity contribution in [2.45, 2.75) is 58.2 Å². The summed E-state index contributed by atoms with van der Waals surface area (Å²) in [7, 11) is 3.67. The third-order valence-corrected chi connectivity index (χ3v) is 9.78. The van der Waals surface area contributed by atoms with Gasteiger partial charge in [0.05, 0.1) is 18.3 Å². The number of amides is 1. The SMILES string of the molecule is COc1cc(C(=O)N2CC3CCC2[C@@H]3N)cc2nc(-c3cc4ccc(Nc5cc(C)nc(C)c5)nc4n3CC3CC3)n(C)c12. The van der Waals surface area contributed by atoms with Crippen molar-refractivity contribution in [1.29, 1.82) is 0 Å². The number of aromatic nitrogens is 5. The standard InChI is InChI=1S/C34H38N8O2/c1-18-11-24(12-19(2)36-18)37-29-10-8-21-14-27(41(32(21)39-29)16-20-5-6-20)33-38-25-13-23(15-28(44-4)31(25)40(33)3)34(43)42-17-22-7-9-26(42)30(22)35/h8,10-15,20,22,26,30H,5-7,9,16-17,35H2,1-4H3,(H,36,37,39)/t22?,26?,30-/m1/s1. The highest BCUT2D eigenvalue weighted by Crippen LogP contribution is 2.40. The van der Waals surface area contributed by atoms with E-state index in [-0.39, 0.29) is 18.0 Å². The van der Waals surface area contributed by atoms with Crippen molar-refractivity contribution in [3.63, 3.8) is 0 Å². The molecule has 2 aliphatic carbocycles. The Morgan fingerprint density at radius 2 is 1.82 bits per heavy atom. The van der Waals surface area contributed by atoms with Gasteiger partial charge in [0.15, 0.2) is 5.82 Å². The maximum atomic E-state index is 13.7. The summed E-state index contributed by atoms with van der Waals surface area (Å²) >= 11 is 0. The zero-order valence-corrected chi connectivity index (χ0v) is 25.7. The smallest absolute Gasteiger partial charge is 0.254 e. The van der Waals surface area contributed by atoms with Gasteiger partial charge in [0.25, 0.3) is 5.91 Å². The maximum Gasteiger partial charge on any atom is 0.254 e. The van der Waals surface area contributed by atoms with E-state index in [1.54, 1.807) is 7.11 Å². The second-order valence-electron chi connectivity index (χ2n) is 12.9. The fourth-order valence-corrected chi connectivity index (χ4v) is 7.45. The van der Waals surface area contributed by atoms with Gasteiger partial charge in [-0.2, -0.15) is 0 Å². The molecule has 2 unspecified atom stereocenters. The minimum absolute atomic E-state index is 0.00622. The number of nitrogens with two attached hydrogens (primary N) is 1. The monoisotopic (exact) mass is 590 g/mol. The first-order valence-corrected chi connectivity index (χ1v) is 15.6. The summed E-state index contributed by atoms with van der Waals surface area (Å²) in [5, 5.41) is 4.54. The molecule has 10 nitrogen and oxygen atoms in total. The lowest BCUT2D eigenvalue weighted by molar-refractivity contribution is 0.0700. The van der Waals surface area contributed by atoms with E-state index in [0.29, 0.717) is 23.1 Å². The average Bonchev–Trinajstić information content (AvgIpc) is 3.41. The molecule has 4 aromatic heterocycles. The number of methoxy groups -OCH3 is 1. The van der Waals surface area contributed by atoms with Crippen molar-refractivity contribution in [1.82, 2.24) is 29.0 Å². The van der Waals surface area contributed by atoms with E-state index in [4.69, 9.17) is 20.4 Å². The van der Waals surface area contributed by atoms with Crippen LogP contribution in [-0.4, -0.2) is 60.6 Å². The third kappa shape index (κ3) is 4.42. The molecule has 2 bridgehead atoms. The summed E-state index contributed by atoms with van der Waals surface area (Å²) in [5.41, 5.74) is 13.4. The van der Waals surface area contributed by atoms with Crippen LogP contribution in [0.4, 0.5) is 11.5 Å². The fraction of sp³-hybridized carbons (Fsp3) is 0.412. The summed E-state index contributed by atoms with van der Waals surface area (Å²) in [4.78, 5) is 30.4. The molecule has 3 aliphatic rings. The molecule has 1 aliphatic heterocycles. The Morgan fingerprint density at radius 3 is 2.50 bits per heavy atom. The van der Waals surface area contributed by atoms with Crippen LogP contribution >= 0.6 is 0 Å². The summed E-state index contributed by atoms with van der Waals surface area (Å²) < 4.78 is 10.2. The first kappa shape index (κ1) is 27.1. The van der Waals surface area contributed by atoms with Crippen LogP contribution in [0, 0.1) is 25.7 Å². The molecule has 0 spiro atoms. The molecule has 226 valence electrons. The van der Waals surface area contributed by atoms with Crippen LogP contribution in [0.3, 0.4) is 0 Å². The minimum Gasteiger partial charge on any atom is -0.494 e. The van der Waals surface area contributed by atoms with Crippen molar-refractivity contribution in [3.05, 3.63) is 59.4 Å². The number of hydrogen-bond acceptors (Lipinski definition) is 7. The van der Waals surface area contributed by atoms with Crippen LogP contribution in [0.15, 0.2) is 42.5 Å². The first-order valence-electron chi connectivity index (χ1n) is 15.6. The second-order valence-corrected chi connectivity index (χ2v) is 12.9. The molecular formula is C34H38N8O2. The summed E-state index contributed by atoms with van der Waals surface area (Å²) in [6.45, 7) is 5.60. The number of aryl methyl sites for hydroxylation is 3. The Labute approximate surface area is 256 Å². The quantitative estimate of drug-likeness (QED) is 0.263. The summed E-state index contributed by atoms with van der Waals surface area (Å²) in [5.74, 6) is 3.27. The maximum absolute atomic E-state index is 13.7. The topological polar surface area (TPSA) is 116 Å². The molecule has 3 N–H and O–H groups in total. The van der Waals surface area contributed by atoms with Crippen LogP contribution in [-0.2, 0) is 13.6 Å². The number of anilines is 2. The predicted octanol–water partition coefficient (Wildman–Crippen LogP) is 5.33. The van der Waals surface area contributed by atoms with Crippen LogP contribution in [0.25, 0.3) is 33.6 Å². The fourth-order valence-electron chi connectivity index (χ4n) is 7.45. The number of fused-ring (bicyclic) bond motifs is 4. The van der Waals surface area contributed by atoms with Gasteiger partial charge in [-0.25, -0.2) is 9.97 Å². The number of imidazole rings is 1. The lowest BCUT2D eigenvalue weighted by Gasteiger charge is -2.27. The van der Waals surface area contributed by atoms with Crippen molar-refractivity contribution >= 4 is 39.5 Å². The summed E-state index contributed by atoms with van der Waals surface area (Å²) in [6.07, 6.45) is 4.52. The van der Waals surface area contributed by atoms with E-state index in [1.807, 2.05) is 56.1 Å². The molecule has 44 heavy (non-hydrogen) atoms. The Morgan fingerprint density at radius 1 is 1.02 bits per heavy atom. The van der Waals surface area contributed by atoms with E-state index in [9.17, 15) is 4.79 Å². The molecule has 10 heteroatoms. The zero-order valence-electron chi connectivity index (χ0n) is 25.7. The number of carbonyl (C=O) groups is 1. The average molecular weight is 591 g/mol. The van der Waals surface area contributed by atoms with Gasteiger partial charge in [0.2, 0.25) is 0 Å². The molecular weight excluding hydrogens is 552 g/mol. The van der Waals surface area contributed by atoms with Crippen LogP contribution < -0.4 is 15.8 Å². The minimum atomic E-state index is 0.00622. The van der Waals surface area contributed by atoms with Gasteiger partial charge in [0, 0.05) is 60.2 Å². The second kappa shape index (κ2) is 10.1. The number of hydrogen-bond donors (Lipinski definition) is 2. The first-order chi connectivity index (χ1) is 21.3. The molecule has 2 saturated carbocycles. The Balaban J connectivity index is 1.21. The molecule has 1 aromatic carbocycles. The van der Waals surface area contributed by atoms with Gasteiger partial charge in [-0.3, -0.25) is 9.78 Å². The van der Waals surface area contributed by atoms with Crippen molar-refractivity contribution in [2.75, 3.05) is 19.0 Å². The molecule has 1 amide bonds. The van der Waals surface area contributed by atoms with Gasteiger partial charge in [-0.05, 0) is 93.8 Å². The predicted molar refractivity (Wildman–Crippen MR) is 171 cm³/mol. The Hall–Kier alpha value is -4.44. The molecule has 8 rings (SSSR count). The Bertz CT molecular complexity index is 1930. The molecule has 3 atom stereocenters. The lowest BCUT2D eigenvalue weighted by Crippen LogP contribution is -2.41. The van der Waals surface area contributed by atoms with E-state index in [1.165, 1.54) is 12.8 Å². The number of nitrogens with one attached hydrogen (secondary N) is 1. The van der Waals surface area contributed by atoms with E-state index in [0.717, 1.165) is 82.4 Å². The molecule has 5 aromatic rings. The summed E-state index contributed by atoms with van der Waals surface area (Å²) in [6, 6.07) is 14.3. The highest BCUT2D eigenvalue weighted by molar-refractivity contribution is 6.00. The number of ether oxygens (including phenoxy) is 1. The Kier molecular flexibility index (Phi) is 6.20. The van der Waals surface area contributed by atoms with Gasteiger partial charge in [-0.1, -0.05) is 0 Å². The van der Waals surface area contributed by atoms with E-state index >= 15 is 0 Å². The van der Waals surface area contributed by atoms with Crippen LogP contribution in [0.5, 0.6) is 5.75 Å². The lowest BCUT2D eigenvalue weighted by atomic mass is 10.1. The molecule has 1 saturated heterocycles. The number of carbonyl (C=O) groups excluding carboxylic acids is 1. The number of pyridine rings is 2. The number of rotatable bonds is 7. The van der Waals surface area contributed by atoms with Crippen LogP contribution in [0.1, 0.15) is 47.4 Å². The number of nitrogens with zero attached hydrogens (tertiary/aromatic N) is 6. The number of likely N-dealkylation sites (tertiary alicyclic amines) is 1. The molecule has 3 fully saturated rings. The number of piperidine rings is 1. The van der Waals surface area contributed by atoms with Gasteiger partial charge in [-0.15, -0.1) is 0 Å². The molecule has 0 radical (unpaired) electrons. The van der Waals surface area contributed by atoms with E-state index < -0.39 is 0 Å². The largest absolute Gasteiger partial charge is 0.494 e. The van der Waals surface area contributed by atoms with Crippen molar-refractivity contribution < 1.29 is 9.53 Å². The molecule has 5 heterocycles. The van der Waals surface area contributed by atoms with Crippen molar-refractivity contribution in [2.24, 2.45) is 24.6 Å². The van der Waals surface area contributed by atoms with Crippen molar-refractivity contribution in [3.8, 4) is 17.3 Å². The highest BCUT2D eigenvalue weighted by Gasteiger charge is 2.47. The number of benzene rings is 1. The zero-order chi connectivity index (χ0) is 30.3. The van der Waals surface area contributed by atoms with Gasteiger partial charge in [0.1, 0.15) is 22.7 Å². The van der Waals surface area contributed by atoms with Gasteiger partial charge >= 0.3 is 0 Å². The van der Waals surface area contributed by atoms with Crippen LogP contribution in [0.2, 0.25) is 0 Å². The normalized spacial score (nSPS) is 21.1. The third-order valence-electron chi connectivity index (χ3n) is 9.78. The van der Waals surface area contributed by atoms with Gasteiger partial charge < -0.3 is 29.8 Å². The highest BCUT2D eigenvalue weighted by atomic mass is 16.5.